The Labute approximate surface area is 132 Å². The van der Waals surface area contributed by atoms with Crippen molar-refractivity contribution in [2.75, 3.05) is 7.11 Å². The molecule has 0 spiro atoms. The molecule has 2 bridgehead atoms. The summed E-state index contributed by atoms with van der Waals surface area (Å²) in [6, 6.07) is 7.54. The highest BCUT2D eigenvalue weighted by Crippen LogP contribution is 2.61. The van der Waals surface area contributed by atoms with Crippen LogP contribution in [0.5, 0.6) is 5.75 Å². The molecule has 1 saturated heterocycles. The van der Waals surface area contributed by atoms with E-state index in [9.17, 15) is 4.79 Å². The van der Waals surface area contributed by atoms with Crippen molar-refractivity contribution in [1.29, 1.82) is 0 Å². The molecule has 118 valence electrons. The van der Waals surface area contributed by atoms with Gasteiger partial charge < -0.3 is 14.0 Å². The number of aromatic nitrogens is 2. The molecule has 2 aromatic rings. The van der Waals surface area contributed by atoms with Crippen LogP contribution in [0.3, 0.4) is 0 Å². The van der Waals surface area contributed by atoms with Crippen LogP contribution < -0.4 is 4.74 Å². The van der Waals surface area contributed by atoms with Crippen molar-refractivity contribution in [2.24, 2.45) is 17.8 Å². The monoisotopic (exact) mass is 312 g/mol. The number of hydrogen-bond acceptors (Lipinski definition) is 6. The maximum Gasteiger partial charge on any atom is 0.310 e. The summed E-state index contributed by atoms with van der Waals surface area (Å²) < 4.78 is 16.2. The van der Waals surface area contributed by atoms with Crippen LogP contribution in [0.25, 0.3) is 11.4 Å². The Balaban J connectivity index is 1.49. The molecule has 6 nitrogen and oxygen atoms in total. The number of hydrogen-bond donors (Lipinski definition) is 0. The first-order valence-corrected chi connectivity index (χ1v) is 7.93. The lowest BCUT2D eigenvalue weighted by molar-refractivity contribution is -0.143. The lowest BCUT2D eigenvalue weighted by Crippen LogP contribution is -2.24. The molecule has 3 aliphatic rings. The lowest BCUT2D eigenvalue weighted by atomic mass is 9.80. The summed E-state index contributed by atoms with van der Waals surface area (Å²) in [5.41, 5.74) is 0.842. The van der Waals surface area contributed by atoms with Crippen molar-refractivity contribution in [3.05, 3.63) is 30.2 Å². The third-order valence-corrected chi connectivity index (χ3v) is 5.54. The highest BCUT2D eigenvalue weighted by atomic mass is 16.6. The van der Waals surface area contributed by atoms with Crippen LogP contribution in [0.4, 0.5) is 0 Å². The van der Waals surface area contributed by atoms with Crippen molar-refractivity contribution in [3.63, 3.8) is 0 Å². The standard InChI is InChI=1S/C17H16N2O4/c1-21-10-4-2-3-8(5-10)15-18-16(23-19-15)13-9-6-11-12(7-9)22-17(20)14(11)13/h2-5,9,11-14H,6-7H2,1H3/t9-,11+,12-,13-,14-/m1/s1. The molecule has 2 aliphatic carbocycles. The van der Waals surface area contributed by atoms with Gasteiger partial charge in [-0.2, -0.15) is 4.98 Å². The van der Waals surface area contributed by atoms with Gasteiger partial charge in [0.1, 0.15) is 11.9 Å². The largest absolute Gasteiger partial charge is 0.497 e. The van der Waals surface area contributed by atoms with E-state index < -0.39 is 0 Å². The molecule has 0 radical (unpaired) electrons. The van der Waals surface area contributed by atoms with Gasteiger partial charge in [-0.1, -0.05) is 17.3 Å². The zero-order valence-corrected chi connectivity index (χ0v) is 12.6. The van der Waals surface area contributed by atoms with E-state index in [1.807, 2.05) is 24.3 Å². The zero-order chi connectivity index (χ0) is 15.6. The minimum Gasteiger partial charge on any atom is -0.497 e. The van der Waals surface area contributed by atoms with E-state index >= 15 is 0 Å². The first-order valence-electron chi connectivity index (χ1n) is 7.93. The van der Waals surface area contributed by atoms with Gasteiger partial charge in [-0.3, -0.25) is 4.79 Å². The Kier molecular flexibility index (Phi) is 2.60. The number of ether oxygens (including phenoxy) is 2. The van der Waals surface area contributed by atoms with Crippen molar-refractivity contribution in [2.45, 2.75) is 24.9 Å². The van der Waals surface area contributed by atoms with Crippen LogP contribution in [0.15, 0.2) is 28.8 Å². The molecule has 6 heteroatoms. The third kappa shape index (κ3) is 1.77. The number of methoxy groups -OCH3 is 1. The SMILES string of the molecule is COc1cccc(-c2noc([C@@H]3[C@@H]4C[C@@H]5[C@H]3C(=O)O[C@@H]5C4)n2)c1. The van der Waals surface area contributed by atoms with E-state index in [1.54, 1.807) is 7.11 Å². The first-order chi connectivity index (χ1) is 11.2. The summed E-state index contributed by atoms with van der Waals surface area (Å²) in [5.74, 6) is 2.42. The van der Waals surface area contributed by atoms with Crippen LogP contribution in [-0.2, 0) is 9.53 Å². The van der Waals surface area contributed by atoms with E-state index in [0.29, 0.717) is 23.6 Å². The summed E-state index contributed by atoms with van der Waals surface area (Å²) in [6.45, 7) is 0. The minimum atomic E-state index is -0.0997. The fourth-order valence-corrected chi connectivity index (χ4v) is 4.59. The van der Waals surface area contributed by atoms with Gasteiger partial charge in [-0.05, 0) is 30.9 Å². The Morgan fingerprint density at radius 3 is 3.04 bits per heavy atom. The highest BCUT2D eigenvalue weighted by Gasteiger charge is 2.63. The maximum absolute atomic E-state index is 12.1. The second-order valence-corrected chi connectivity index (χ2v) is 6.61. The fraction of sp³-hybridized carbons (Fsp3) is 0.471. The van der Waals surface area contributed by atoms with Gasteiger partial charge in [-0.15, -0.1) is 0 Å². The van der Waals surface area contributed by atoms with E-state index in [2.05, 4.69) is 10.1 Å². The molecule has 2 heterocycles. The van der Waals surface area contributed by atoms with Gasteiger partial charge in [0.2, 0.25) is 11.7 Å². The molecule has 23 heavy (non-hydrogen) atoms. The molecule has 5 atom stereocenters. The van der Waals surface area contributed by atoms with Crippen LogP contribution >= 0.6 is 0 Å². The summed E-state index contributed by atoms with van der Waals surface area (Å²) in [5, 5.41) is 4.10. The second kappa shape index (κ2) is 4.57. The number of carbonyl (C=O) groups is 1. The lowest BCUT2D eigenvalue weighted by Gasteiger charge is -2.20. The molecular formula is C17H16N2O4. The smallest absolute Gasteiger partial charge is 0.310 e. The van der Waals surface area contributed by atoms with E-state index in [0.717, 1.165) is 24.2 Å². The maximum atomic E-state index is 12.1. The number of rotatable bonds is 3. The molecular weight excluding hydrogens is 296 g/mol. The Morgan fingerprint density at radius 2 is 2.17 bits per heavy atom. The van der Waals surface area contributed by atoms with Crippen molar-refractivity contribution < 1.29 is 18.8 Å². The summed E-state index contributed by atoms with van der Waals surface area (Å²) in [7, 11) is 1.62. The molecule has 0 N–H and O–H groups in total. The molecule has 5 rings (SSSR count). The molecule has 2 saturated carbocycles. The van der Waals surface area contributed by atoms with Gasteiger partial charge in [-0.25, -0.2) is 0 Å². The van der Waals surface area contributed by atoms with Crippen molar-refractivity contribution in [3.8, 4) is 17.1 Å². The van der Waals surface area contributed by atoms with Crippen LogP contribution in [0, 0.1) is 17.8 Å². The summed E-state index contributed by atoms with van der Waals surface area (Å²) in [6.07, 6.45) is 2.08. The van der Waals surface area contributed by atoms with Gasteiger partial charge in [0.15, 0.2) is 0 Å². The van der Waals surface area contributed by atoms with Crippen molar-refractivity contribution in [1.82, 2.24) is 10.1 Å². The summed E-state index contributed by atoms with van der Waals surface area (Å²) in [4.78, 5) is 16.7. The van der Waals surface area contributed by atoms with Gasteiger partial charge >= 0.3 is 5.97 Å². The Morgan fingerprint density at radius 1 is 1.26 bits per heavy atom. The highest BCUT2D eigenvalue weighted by molar-refractivity contribution is 5.78. The topological polar surface area (TPSA) is 74.5 Å². The molecule has 1 aromatic carbocycles. The fourth-order valence-electron chi connectivity index (χ4n) is 4.59. The predicted molar refractivity (Wildman–Crippen MR) is 78.6 cm³/mol. The predicted octanol–water partition coefficient (Wildman–Crippen LogP) is 2.41. The van der Waals surface area contributed by atoms with Gasteiger partial charge in [0.05, 0.1) is 18.9 Å². The van der Waals surface area contributed by atoms with Crippen LogP contribution in [0.1, 0.15) is 24.7 Å². The van der Waals surface area contributed by atoms with Crippen LogP contribution in [0.2, 0.25) is 0 Å². The molecule has 0 amide bonds. The zero-order valence-electron chi connectivity index (χ0n) is 12.6. The number of nitrogens with zero attached hydrogens (tertiary/aromatic N) is 2. The molecule has 3 fully saturated rings. The molecule has 1 aliphatic heterocycles. The van der Waals surface area contributed by atoms with Gasteiger partial charge in [0.25, 0.3) is 0 Å². The van der Waals surface area contributed by atoms with E-state index in [4.69, 9.17) is 14.0 Å². The third-order valence-electron chi connectivity index (χ3n) is 5.54. The number of carbonyl (C=O) groups excluding carboxylic acids is 1. The van der Waals surface area contributed by atoms with E-state index in [1.165, 1.54) is 0 Å². The second-order valence-electron chi connectivity index (χ2n) is 6.61. The summed E-state index contributed by atoms with van der Waals surface area (Å²) >= 11 is 0. The first kappa shape index (κ1) is 13.1. The molecule has 1 aromatic heterocycles. The Hall–Kier alpha value is -2.37. The number of benzene rings is 1. The number of esters is 1. The van der Waals surface area contributed by atoms with Crippen LogP contribution in [-0.4, -0.2) is 29.3 Å². The Bertz CT molecular complexity index is 784. The quantitative estimate of drug-likeness (QED) is 0.810. The van der Waals surface area contributed by atoms with Gasteiger partial charge in [0, 0.05) is 11.5 Å². The average molecular weight is 312 g/mol. The molecule has 0 unspecified atom stereocenters. The average Bonchev–Trinajstić information content (AvgIpc) is 3.30. The normalized spacial score (nSPS) is 34.0. The van der Waals surface area contributed by atoms with E-state index in [-0.39, 0.29) is 23.9 Å². The minimum absolute atomic E-state index is 0.0121. The number of fused-ring (bicyclic) bond motifs is 1. The van der Waals surface area contributed by atoms with Crippen molar-refractivity contribution >= 4 is 5.97 Å².